The standard InChI is InChI=1S/C26H22ClN3O7S/c1-14-11-20-18(13-19(14)27)24(31)22-23(30(26(32)25(22)36-20)21-12-15(2)37-28-21)16-3-5-17(6-4-16)38(33,34)29-7-9-35-10-8-29/h3-6,11-13,23H,7-10H2,1-2H3. The molecule has 0 radical (unpaired) electrons. The van der Waals surface area contributed by atoms with Crippen molar-refractivity contribution in [2.75, 3.05) is 31.2 Å². The van der Waals surface area contributed by atoms with Crippen LogP contribution >= 0.6 is 11.6 Å². The van der Waals surface area contributed by atoms with Gasteiger partial charge < -0.3 is 13.7 Å². The quantitative estimate of drug-likeness (QED) is 0.372. The number of fused-ring (bicyclic) bond motifs is 2. The van der Waals surface area contributed by atoms with Crippen molar-refractivity contribution in [2.24, 2.45) is 0 Å². The van der Waals surface area contributed by atoms with Crippen LogP contribution in [-0.4, -0.2) is 50.1 Å². The Kier molecular flexibility index (Phi) is 5.91. The van der Waals surface area contributed by atoms with Gasteiger partial charge in [0.1, 0.15) is 11.3 Å². The van der Waals surface area contributed by atoms with Gasteiger partial charge in [0.15, 0.2) is 11.2 Å². The van der Waals surface area contributed by atoms with Gasteiger partial charge in [-0.3, -0.25) is 14.5 Å². The van der Waals surface area contributed by atoms with Gasteiger partial charge in [0.05, 0.1) is 35.1 Å². The molecule has 10 nitrogen and oxygen atoms in total. The number of ether oxygens (including phenoxy) is 1. The predicted molar refractivity (Wildman–Crippen MR) is 138 cm³/mol. The molecule has 0 aliphatic carbocycles. The highest BCUT2D eigenvalue weighted by Gasteiger charge is 2.45. The number of carbonyl (C=O) groups is 1. The SMILES string of the molecule is Cc1cc(N2C(=O)c3oc4cc(C)c(Cl)cc4c(=O)c3C2c2ccc(S(=O)(=O)N3CCOCC3)cc2)no1. The van der Waals surface area contributed by atoms with Gasteiger partial charge in [0.2, 0.25) is 15.8 Å². The molecule has 196 valence electrons. The molecule has 0 N–H and O–H groups in total. The van der Waals surface area contributed by atoms with E-state index in [4.69, 9.17) is 25.3 Å². The van der Waals surface area contributed by atoms with Crippen LogP contribution in [-0.2, 0) is 14.8 Å². The van der Waals surface area contributed by atoms with Gasteiger partial charge in [-0.05, 0) is 49.2 Å². The number of morpholine rings is 1. The molecular weight excluding hydrogens is 534 g/mol. The van der Waals surface area contributed by atoms with Crippen LogP contribution < -0.4 is 10.3 Å². The first-order chi connectivity index (χ1) is 18.2. The van der Waals surface area contributed by atoms with E-state index in [1.54, 1.807) is 38.1 Å². The van der Waals surface area contributed by atoms with Gasteiger partial charge in [-0.15, -0.1) is 0 Å². The van der Waals surface area contributed by atoms with Crippen LogP contribution in [0.15, 0.2) is 61.1 Å². The van der Waals surface area contributed by atoms with E-state index in [-0.39, 0.29) is 46.1 Å². The third-order valence-electron chi connectivity index (χ3n) is 6.82. The number of sulfonamides is 1. The molecule has 4 heterocycles. The Hall–Kier alpha value is -3.51. The Bertz CT molecular complexity index is 1760. The molecule has 1 saturated heterocycles. The molecule has 0 bridgehead atoms. The van der Waals surface area contributed by atoms with E-state index >= 15 is 0 Å². The molecule has 12 heteroatoms. The molecule has 4 aromatic rings. The normalized spacial score (nSPS) is 18.3. The second-order valence-electron chi connectivity index (χ2n) is 9.23. The summed E-state index contributed by atoms with van der Waals surface area (Å²) in [6.07, 6.45) is 0. The number of benzene rings is 2. The van der Waals surface area contributed by atoms with Gasteiger partial charge >= 0.3 is 0 Å². The number of hydrogen-bond acceptors (Lipinski definition) is 8. The van der Waals surface area contributed by atoms with Crippen molar-refractivity contribution in [1.29, 1.82) is 0 Å². The molecule has 2 aromatic carbocycles. The van der Waals surface area contributed by atoms with Crippen LogP contribution in [0.4, 0.5) is 5.82 Å². The van der Waals surface area contributed by atoms with Crippen LogP contribution in [0.1, 0.15) is 39.0 Å². The summed E-state index contributed by atoms with van der Waals surface area (Å²) in [4.78, 5) is 28.8. The third kappa shape index (κ3) is 3.85. The van der Waals surface area contributed by atoms with Gasteiger partial charge in [-0.1, -0.05) is 28.9 Å². The maximum Gasteiger partial charge on any atom is 0.296 e. The Morgan fingerprint density at radius 3 is 2.39 bits per heavy atom. The van der Waals surface area contributed by atoms with E-state index in [1.165, 1.54) is 27.4 Å². The number of rotatable bonds is 4. The maximum absolute atomic E-state index is 13.8. The maximum atomic E-state index is 13.8. The van der Waals surface area contributed by atoms with Crippen molar-refractivity contribution in [2.45, 2.75) is 24.8 Å². The molecule has 6 rings (SSSR count). The first kappa shape index (κ1) is 24.8. The van der Waals surface area contributed by atoms with E-state index in [9.17, 15) is 18.0 Å². The number of aromatic nitrogens is 1. The van der Waals surface area contributed by atoms with Crippen LogP contribution in [0.2, 0.25) is 5.02 Å². The average Bonchev–Trinajstić information content (AvgIpc) is 3.46. The number of halogens is 1. The number of carbonyl (C=O) groups excluding carboxylic acids is 1. The Morgan fingerprint density at radius 2 is 1.74 bits per heavy atom. The smallest absolute Gasteiger partial charge is 0.296 e. The highest BCUT2D eigenvalue weighted by molar-refractivity contribution is 7.89. The van der Waals surface area contributed by atoms with Gasteiger partial charge in [-0.25, -0.2) is 8.42 Å². The Balaban J connectivity index is 1.51. The lowest BCUT2D eigenvalue weighted by Gasteiger charge is -2.26. The van der Waals surface area contributed by atoms with Crippen molar-refractivity contribution in [3.05, 3.63) is 85.9 Å². The number of amides is 1. The molecule has 38 heavy (non-hydrogen) atoms. The largest absolute Gasteiger partial charge is 0.450 e. The molecule has 0 spiro atoms. The molecule has 0 saturated carbocycles. The zero-order valence-electron chi connectivity index (χ0n) is 20.4. The molecular formula is C26H22ClN3O7S. The van der Waals surface area contributed by atoms with E-state index in [1.807, 2.05) is 0 Å². The monoisotopic (exact) mass is 555 g/mol. The second-order valence-corrected chi connectivity index (χ2v) is 11.6. The van der Waals surface area contributed by atoms with Crippen molar-refractivity contribution < 1.29 is 26.9 Å². The fourth-order valence-electron chi connectivity index (χ4n) is 4.87. The zero-order valence-corrected chi connectivity index (χ0v) is 22.0. The summed E-state index contributed by atoms with van der Waals surface area (Å²) in [6.45, 7) is 4.66. The first-order valence-electron chi connectivity index (χ1n) is 11.9. The van der Waals surface area contributed by atoms with Crippen LogP contribution in [0.3, 0.4) is 0 Å². The lowest BCUT2D eigenvalue weighted by molar-refractivity contribution is 0.0730. The second kappa shape index (κ2) is 9.05. The summed E-state index contributed by atoms with van der Waals surface area (Å²) in [5.74, 6) is 0.00250. The number of anilines is 1. The number of aryl methyl sites for hydroxylation is 2. The van der Waals surface area contributed by atoms with Crippen molar-refractivity contribution in [1.82, 2.24) is 9.46 Å². The summed E-state index contributed by atoms with van der Waals surface area (Å²) in [6, 6.07) is 9.92. The molecule has 1 amide bonds. The summed E-state index contributed by atoms with van der Waals surface area (Å²) in [5, 5.41) is 4.64. The molecule has 2 aliphatic heterocycles. The summed E-state index contributed by atoms with van der Waals surface area (Å²) < 4.78 is 44.1. The minimum absolute atomic E-state index is 0.101. The minimum Gasteiger partial charge on any atom is -0.450 e. The molecule has 2 aliphatic rings. The number of nitrogens with zero attached hydrogens (tertiary/aromatic N) is 3. The first-order valence-corrected chi connectivity index (χ1v) is 13.7. The Labute approximate surface area is 222 Å². The summed E-state index contributed by atoms with van der Waals surface area (Å²) in [5.41, 5.74) is 1.16. The topological polar surface area (TPSA) is 123 Å². The van der Waals surface area contributed by atoms with E-state index in [0.29, 0.717) is 35.1 Å². The number of hydrogen-bond donors (Lipinski definition) is 0. The molecule has 1 fully saturated rings. The minimum atomic E-state index is -3.73. The van der Waals surface area contributed by atoms with Gasteiger partial charge in [0, 0.05) is 24.2 Å². The fraction of sp³-hybridized carbons (Fsp3) is 0.269. The van der Waals surface area contributed by atoms with E-state index < -0.39 is 27.4 Å². The third-order valence-corrected chi connectivity index (χ3v) is 9.14. The van der Waals surface area contributed by atoms with Crippen molar-refractivity contribution >= 4 is 44.3 Å². The van der Waals surface area contributed by atoms with Crippen molar-refractivity contribution in [3.63, 3.8) is 0 Å². The molecule has 1 atom stereocenters. The predicted octanol–water partition coefficient (Wildman–Crippen LogP) is 3.82. The fourth-order valence-corrected chi connectivity index (χ4v) is 6.44. The summed E-state index contributed by atoms with van der Waals surface area (Å²) in [7, 11) is -3.73. The lowest BCUT2D eigenvalue weighted by Crippen LogP contribution is -2.40. The lowest BCUT2D eigenvalue weighted by atomic mass is 9.98. The average molecular weight is 556 g/mol. The van der Waals surface area contributed by atoms with E-state index in [2.05, 4.69) is 5.16 Å². The highest BCUT2D eigenvalue weighted by Crippen LogP contribution is 2.41. The Morgan fingerprint density at radius 1 is 1.03 bits per heavy atom. The zero-order chi connectivity index (χ0) is 26.8. The van der Waals surface area contributed by atoms with Crippen molar-refractivity contribution in [3.8, 4) is 0 Å². The van der Waals surface area contributed by atoms with Crippen LogP contribution in [0.5, 0.6) is 0 Å². The van der Waals surface area contributed by atoms with E-state index in [0.717, 1.165) is 0 Å². The molecule has 1 unspecified atom stereocenters. The van der Waals surface area contributed by atoms with Crippen LogP contribution in [0.25, 0.3) is 11.0 Å². The van der Waals surface area contributed by atoms with Gasteiger partial charge in [0.25, 0.3) is 5.91 Å². The van der Waals surface area contributed by atoms with Crippen LogP contribution in [0, 0.1) is 13.8 Å². The highest BCUT2D eigenvalue weighted by atomic mass is 35.5. The van der Waals surface area contributed by atoms with Gasteiger partial charge in [-0.2, -0.15) is 4.31 Å². The summed E-state index contributed by atoms with van der Waals surface area (Å²) >= 11 is 6.30. The molecule has 2 aromatic heterocycles.